The molecule has 0 heterocycles. The van der Waals surface area contributed by atoms with Gasteiger partial charge in [0.25, 0.3) is 0 Å². The van der Waals surface area contributed by atoms with Crippen LogP contribution in [-0.4, -0.2) is 12.5 Å². The van der Waals surface area contributed by atoms with Crippen molar-refractivity contribution in [2.45, 2.75) is 6.92 Å². The van der Waals surface area contributed by atoms with Gasteiger partial charge in [-0.1, -0.05) is 29.5 Å². The Morgan fingerprint density at radius 2 is 2.33 bits per heavy atom. The smallest absolute Gasteiger partial charge is 0.217 e. The van der Waals surface area contributed by atoms with Crippen molar-refractivity contribution in [1.29, 1.82) is 0 Å². The highest BCUT2D eigenvalue weighted by atomic mass is 35.5. The van der Waals surface area contributed by atoms with E-state index in [-0.39, 0.29) is 5.91 Å². The van der Waals surface area contributed by atoms with Crippen LogP contribution in [0.25, 0.3) is 0 Å². The van der Waals surface area contributed by atoms with Crippen LogP contribution >= 0.6 is 11.6 Å². The van der Waals surface area contributed by atoms with E-state index < -0.39 is 0 Å². The molecule has 0 radical (unpaired) electrons. The molecule has 0 unspecified atom stereocenters. The summed E-state index contributed by atoms with van der Waals surface area (Å²) < 4.78 is 0. The summed E-state index contributed by atoms with van der Waals surface area (Å²) in [6, 6.07) is 5.21. The van der Waals surface area contributed by atoms with Gasteiger partial charge in [0.15, 0.2) is 0 Å². The van der Waals surface area contributed by atoms with Gasteiger partial charge in [-0.25, -0.2) is 0 Å². The normalized spacial score (nSPS) is 8.93. The van der Waals surface area contributed by atoms with Gasteiger partial charge in [0.2, 0.25) is 5.91 Å². The van der Waals surface area contributed by atoms with Crippen molar-refractivity contribution in [3.63, 3.8) is 0 Å². The van der Waals surface area contributed by atoms with Gasteiger partial charge in [0, 0.05) is 12.6 Å². The Balaban J connectivity index is 2.75. The van der Waals surface area contributed by atoms with Crippen molar-refractivity contribution in [3.8, 4) is 11.8 Å². The lowest BCUT2D eigenvalue weighted by atomic mass is 10.2. The van der Waals surface area contributed by atoms with Crippen molar-refractivity contribution < 1.29 is 4.79 Å². The zero-order valence-electron chi connectivity index (χ0n) is 8.30. The molecule has 0 saturated carbocycles. The molecule has 78 valence electrons. The monoisotopic (exact) mass is 222 g/mol. The molecular formula is C11H11ClN2O. The number of carbonyl (C=O) groups excluding carboxylic acids is 1. The van der Waals surface area contributed by atoms with Gasteiger partial charge in [-0.2, -0.15) is 0 Å². The predicted molar refractivity (Wildman–Crippen MR) is 61.4 cm³/mol. The summed E-state index contributed by atoms with van der Waals surface area (Å²) in [7, 11) is 0. The lowest BCUT2D eigenvalue weighted by molar-refractivity contribution is -0.118. The fourth-order valence-electron chi connectivity index (χ4n) is 0.974. The molecule has 0 aliphatic carbocycles. The number of nitrogens with two attached hydrogens (primary N) is 1. The van der Waals surface area contributed by atoms with Crippen molar-refractivity contribution in [1.82, 2.24) is 5.32 Å². The molecule has 15 heavy (non-hydrogen) atoms. The number of nitrogen functional groups attached to an aromatic ring is 1. The molecule has 3 N–H and O–H groups in total. The molecule has 0 atom stereocenters. The summed E-state index contributed by atoms with van der Waals surface area (Å²) in [6.07, 6.45) is 0. The van der Waals surface area contributed by atoms with Crippen molar-refractivity contribution in [2.24, 2.45) is 0 Å². The van der Waals surface area contributed by atoms with Crippen LogP contribution in [-0.2, 0) is 4.79 Å². The maximum Gasteiger partial charge on any atom is 0.217 e. The quantitative estimate of drug-likeness (QED) is 0.558. The van der Waals surface area contributed by atoms with Gasteiger partial charge in [0.05, 0.1) is 17.1 Å². The highest BCUT2D eigenvalue weighted by Gasteiger charge is 1.99. The molecule has 0 saturated heterocycles. The average molecular weight is 223 g/mol. The minimum Gasteiger partial charge on any atom is -0.398 e. The van der Waals surface area contributed by atoms with Crippen molar-refractivity contribution in [3.05, 3.63) is 28.8 Å². The van der Waals surface area contributed by atoms with Gasteiger partial charge < -0.3 is 11.1 Å². The van der Waals surface area contributed by atoms with Crippen LogP contribution in [0.15, 0.2) is 18.2 Å². The van der Waals surface area contributed by atoms with E-state index >= 15 is 0 Å². The molecule has 0 spiro atoms. The summed E-state index contributed by atoms with van der Waals surface area (Å²) in [5.41, 5.74) is 6.83. The number of nitrogens with one attached hydrogen (secondary N) is 1. The molecule has 1 amide bonds. The third-order valence-corrected chi connectivity index (χ3v) is 2.00. The van der Waals surface area contributed by atoms with Gasteiger partial charge >= 0.3 is 0 Å². The minimum atomic E-state index is -0.114. The van der Waals surface area contributed by atoms with E-state index in [1.54, 1.807) is 18.2 Å². The molecule has 4 heteroatoms. The van der Waals surface area contributed by atoms with Crippen molar-refractivity contribution >= 4 is 23.2 Å². The number of anilines is 1. The topological polar surface area (TPSA) is 55.1 Å². The fourth-order valence-corrected chi connectivity index (χ4v) is 1.20. The Labute approximate surface area is 93.6 Å². The fraction of sp³-hybridized carbons (Fsp3) is 0.182. The number of halogens is 1. The van der Waals surface area contributed by atoms with Crippen molar-refractivity contribution in [2.75, 3.05) is 12.3 Å². The Morgan fingerprint density at radius 1 is 1.60 bits per heavy atom. The first-order valence-electron chi connectivity index (χ1n) is 4.38. The molecule has 0 aliphatic rings. The number of hydrogen-bond donors (Lipinski definition) is 2. The first-order chi connectivity index (χ1) is 7.11. The van der Waals surface area contributed by atoms with Crippen LogP contribution in [0.3, 0.4) is 0 Å². The average Bonchev–Trinajstić information content (AvgIpc) is 2.15. The second-order valence-electron chi connectivity index (χ2n) is 2.92. The molecular weight excluding hydrogens is 212 g/mol. The van der Waals surface area contributed by atoms with E-state index in [9.17, 15) is 4.79 Å². The van der Waals surface area contributed by atoms with Crippen LogP contribution in [0.2, 0.25) is 5.02 Å². The van der Waals surface area contributed by atoms with E-state index in [2.05, 4.69) is 17.2 Å². The second-order valence-corrected chi connectivity index (χ2v) is 3.32. The lowest BCUT2D eigenvalue weighted by Gasteiger charge is -1.99. The number of rotatable bonds is 1. The Bertz CT molecular complexity index is 412. The maximum atomic E-state index is 10.6. The number of carbonyl (C=O) groups is 1. The lowest BCUT2D eigenvalue weighted by Crippen LogP contribution is -2.19. The van der Waals surface area contributed by atoms with Gasteiger partial charge in [0.1, 0.15) is 0 Å². The first kappa shape index (κ1) is 11.4. The molecule has 1 rings (SSSR count). The van der Waals surface area contributed by atoms with Crippen LogP contribution in [0.1, 0.15) is 12.5 Å². The van der Waals surface area contributed by atoms with Crippen LogP contribution in [0, 0.1) is 11.8 Å². The second kappa shape index (κ2) is 5.28. The van der Waals surface area contributed by atoms with E-state index in [4.69, 9.17) is 17.3 Å². The predicted octanol–water partition coefficient (Wildman–Crippen LogP) is 1.41. The Kier molecular flexibility index (Phi) is 4.02. The number of benzene rings is 1. The minimum absolute atomic E-state index is 0.114. The molecule has 0 fully saturated rings. The highest BCUT2D eigenvalue weighted by Crippen LogP contribution is 2.20. The molecule has 1 aromatic rings. The van der Waals surface area contributed by atoms with Crippen LogP contribution in [0.4, 0.5) is 5.69 Å². The standard InChI is InChI=1S/C11H11ClN2O/c1-8(15)14-7-3-4-9-10(12)5-2-6-11(9)13/h2,5-6H,7,13H2,1H3,(H,14,15). The SMILES string of the molecule is CC(=O)NCC#Cc1c(N)cccc1Cl. The zero-order valence-corrected chi connectivity index (χ0v) is 9.06. The summed E-state index contributed by atoms with van der Waals surface area (Å²) >= 11 is 5.90. The van der Waals surface area contributed by atoms with Crippen LogP contribution in [0.5, 0.6) is 0 Å². The molecule has 0 bridgehead atoms. The molecule has 0 aliphatic heterocycles. The first-order valence-corrected chi connectivity index (χ1v) is 4.76. The van der Waals surface area contributed by atoms with Gasteiger partial charge in [-0.05, 0) is 12.1 Å². The molecule has 3 nitrogen and oxygen atoms in total. The van der Waals surface area contributed by atoms with E-state index in [1.807, 2.05) is 0 Å². The number of hydrogen-bond acceptors (Lipinski definition) is 2. The largest absolute Gasteiger partial charge is 0.398 e. The summed E-state index contributed by atoms with van der Waals surface area (Å²) in [5.74, 6) is 5.47. The summed E-state index contributed by atoms with van der Waals surface area (Å²) in [4.78, 5) is 10.6. The van der Waals surface area contributed by atoms with E-state index in [0.29, 0.717) is 22.8 Å². The third-order valence-electron chi connectivity index (χ3n) is 1.68. The van der Waals surface area contributed by atoms with E-state index in [1.165, 1.54) is 6.92 Å². The highest BCUT2D eigenvalue weighted by molar-refractivity contribution is 6.32. The Hall–Kier alpha value is -1.66. The van der Waals surface area contributed by atoms with Crippen LogP contribution < -0.4 is 11.1 Å². The van der Waals surface area contributed by atoms with E-state index in [0.717, 1.165) is 0 Å². The maximum absolute atomic E-state index is 10.6. The van der Waals surface area contributed by atoms with Gasteiger partial charge in [-0.3, -0.25) is 4.79 Å². The zero-order chi connectivity index (χ0) is 11.3. The molecule has 1 aromatic carbocycles. The summed E-state index contributed by atoms with van der Waals surface area (Å²) in [5, 5.41) is 3.08. The Morgan fingerprint density at radius 3 is 2.93 bits per heavy atom. The summed E-state index contributed by atoms with van der Waals surface area (Å²) in [6.45, 7) is 1.73. The number of amides is 1. The van der Waals surface area contributed by atoms with Gasteiger partial charge in [-0.15, -0.1) is 0 Å². The third kappa shape index (κ3) is 3.53. The molecule has 0 aromatic heterocycles.